The van der Waals surface area contributed by atoms with Gasteiger partial charge in [-0.15, -0.1) is 0 Å². The summed E-state index contributed by atoms with van der Waals surface area (Å²) in [6, 6.07) is 11.7. The third-order valence-corrected chi connectivity index (χ3v) is 6.35. The van der Waals surface area contributed by atoms with Crippen LogP contribution in [0.25, 0.3) is 10.9 Å². The number of nitrogens with zero attached hydrogens (tertiary/aromatic N) is 2. The van der Waals surface area contributed by atoms with Gasteiger partial charge in [0.1, 0.15) is 13.4 Å². The summed E-state index contributed by atoms with van der Waals surface area (Å²) in [7, 11) is 11.0. The number of aromatic nitrogens is 2. The molecule has 2 radical (unpaired) electrons. The number of rotatable bonds is 10. The van der Waals surface area contributed by atoms with Gasteiger partial charge in [-0.25, -0.2) is 4.57 Å². The van der Waals surface area contributed by atoms with Crippen LogP contribution in [0.2, 0.25) is 0 Å². The number of benzene rings is 2. The number of carbonyl (C=O) groups excluding carboxylic acids is 1. The van der Waals surface area contributed by atoms with Gasteiger partial charge < -0.3 is 19.5 Å². The highest BCUT2D eigenvalue weighted by atomic mass is 16.5. The van der Waals surface area contributed by atoms with Crippen LogP contribution < -0.4 is 24.8 Å². The average Bonchev–Trinajstić information content (AvgIpc) is 2.82. The molecular weight excluding hydrogens is 453 g/mol. The van der Waals surface area contributed by atoms with E-state index < -0.39 is 5.41 Å². The molecule has 0 amide bonds. The lowest BCUT2D eigenvalue weighted by Gasteiger charge is -2.33. The van der Waals surface area contributed by atoms with E-state index in [0.29, 0.717) is 31.1 Å². The van der Waals surface area contributed by atoms with E-state index in [0.717, 1.165) is 33.6 Å². The molecule has 0 spiro atoms. The summed E-state index contributed by atoms with van der Waals surface area (Å²) in [5, 5.41) is 4.37. The van der Waals surface area contributed by atoms with E-state index >= 15 is 0 Å². The maximum Gasteiger partial charge on any atom is 0.311 e. The molecule has 0 fully saturated rings. The second-order valence-electron chi connectivity index (χ2n) is 10.7. The van der Waals surface area contributed by atoms with Gasteiger partial charge in [0.2, 0.25) is 0 Å². The van der Waals surface area contributed by atoms with E-state index in [1.807, 2.05) is 68.8 Å². The number of aryl methyl sites for hydroxylation is 2. The van der Waals surface area contributed by atoms with Crippen molar-refractivity contribution in [3.63, 3.8) is 0 Å². The standard InChI is InChI=1S/C28H36BN3O4/c1-18-31-25(30-15-19-10-9-11-20(29)12-19)21-13-23(34-7)24(14-22(21)32(18)6)36-17-27(2,3)16-28(4,5)26(33)35-8/h9-14H,15-17H2,1-8H3/p+1. The normalized spacial score (nSPS) is 11.9. The van der Waals surface area contributed by atoms with Gasteiger partial charge in [0, 0.05) is 25.6 Å². The summed E-state index contributed by atoms with van der Waals surface area (Å²) < 4.78 is 19.0. The van der Waals surface area contributed by atoms with E-state index in [2.05, 4.69) is 19.2 Å². The van der Waals surface area contributed by atoms with Crippen LogP contribution in [-0.4, -0.2) is 39.6 Å². The Morgan fingerprint density at radius 3 is 2.47 bits per heavy atom. The zero-order valence-electron chi connectivity index (χ0n) is 22.7. The summed E-state index contributed by atoms with van der Waals surface area (Å²) >= 11 is 0. The van der Waals surface area contributed by atoms with Gasteiger partial charge >= 0.3 is 5.97 Å². The van der Waals surface area contributed by atoms with Crippen molar-refractivity contribution in [3.05, 3.63) is 47.8 Å². The number of hydrogen-bond donors (Lipinski definition) is 1. The summed E-state index contributed by atoms with van der Waals surface area (Å²) in [5.74, 6) is 2.63. The van der Waals surface area contributed by atoms with Crippen molar-refractivity contribution < 1.29 is 23.6 Å². The summed E-state index contributed by atoms with van der Waals surface area (Å²) in [6.07, 6.45) is 0.609. The topological polar surface area (TPSA) is 73.6 Å². The fourth-order valence-corrected chi connectivity index (χ4v) is 4.65. The Labute approximate surface area is 215 Å². The van der Waals surface area contributed by atoms with Crippen LogP contribution in [0.15, 0.2) is 36.4 Å². The van der Waals surface area contributed by atoms with Gasteiger partial charge in [0.05, 0.1) is 38.7 Å². The Kier molecular flexibility index (Phi) is 8.17. The third kappa shape index (κ3) is 6.28. The molecule has 0 atom stereocenters. The average molecular weight is 490 g/mol. The van der Waals surface area contributed by atoms with Crippen molar-refractivity contribution in [2.75, 3.05) is 26.1 Å². The van der Waals surface area contributed by atoms with Gasteiger partial charge in [-0.1, -0.05) is 43.6 Å². The third-order valence-electron chi connectivity index (χ3n) is 6.35. The van der Waals surface area contributed by atoms with Gasteiger partial charge in [-0.2, -0.15) is 0 Å². The molecular formula is C28H37BN3O4+. The smallest absolute Gasteiger partial charge is 0.311 e. The predicted octanol–water partition coefficient (Wildman–Crippen LogP) is 3.78. The Balaban J connectivity index is 1.90. The fourth-order valence-electron chi connectivity index (χ4n) is 4.65. The molecule has 0 aliphatic carbocycles. The highest BCUT2D eigenvalue weighted by Crippen LogP contribution is 2.38. The number of methoxy groups -OCH3 is 2. The lowest BCUT2D eigenvalue weighted by atomic mass is 9.75. The molecule has 190 valence electrons. The van der Waals surface area contributed by atoms with Crippen LogP contribution in [0.3, 0.4) is 0 Å². The minimum Gasteiger partial charge on any atom is -0.493 e. The van der Waals surface area contributed by atoms with Crippen molar-refractivity contribution in [1.82, 2.24) is 4.98 Å². The number of hydrogen-bond acceptors (Lipinski definition) is 6. The fraction of sp³-hybridized carbons (Fsp3) is 0.464. The van der Waals surface area contributed by atoms with Crippen LogP contribution in [0, 0.1) is 17.8 Å². The molecule has 3 aromatic rings. The van der Waals surface area contributed by atoms with Crippen molar-refractivity contribution in [1.29, 1.82) is 0 Å². The Morgan fingerprint density at radius 1 is 1.11 bits per heavy atom. The molecule has 8 heteroatoms. The quantitative estimate of drug-likeness (QED) is 0.265. The van der Waals surface area contributed by atoms with Crippen LogP contribution in [-0.2, 0) is 23.1 Å². The molecule has 1 aromatic heterocycles. The maximum absolute atomic E-state index is 12.2. The van der Waals surface area contributed by atoms with E-state index in [4.69, 9.17) is 27.0 Å². The molecule has 0 saturated carbocycles. The van der Waals surface area contributed by atoms with E-state index in [-0.39, 0.29) is 11.4 Å². The molecule has 1 N–H and O–H groups in total. The summed E-state index contributed by atoms with van der Waals surface area (Å²) in [4.78, 5) is 17.0. The van der Waals surface area contributed by atoms with Crippen molar-refractivity contribution in [2.24, 2.45) is 17.9 Å². The maximum atomic E-state index is 12.2. The molecule has 0 bridgehead atoms. The summed E-state index contributed by atoms with van der Waals surface area (Å²) in [6.45, 7) is 10.9. The molecule has 0 unspecified atom stereocenters. The first-order chi connectivity index (χ1) is 16.9. The van der Waals surface area contributed by atoms with E-state index in [1.54, 1.807) is 7.11 Å². The molecule has 0 saturated heterocycles. The zero-order valence-corrected chi connectivity index (χ0v) is 22.7. The van der Waals surface area contributed by atoms with Crippen LogP contribution in [0.1, 0.15) is 45.5 Å². The first-order valence-electron chi connectivity index (χ1n) is 12.0. The number of ether oxygens (including phenoxy) is 3. The molecule has 0 aliphatic rings. The lowest BCUT2D eigenvalue weighted by molar-refractivity contribution is -0.654. The molecule has 36 heavy (non-hydrogen) atoms. The van der Waals surface area contributed by atoms with E-state index in [1.165, 1.54) is 7.11 Å². The molecule has 1 heterocycles. The van der Waals surface area contributed by atoms with Crippen molar-refractivity contribution >= 4 is 36.0 Å². The second-order valence-corrected chi connectivity index (χ2v) is 10.7. The first-order valence-corrected chi connectivity index (χ1v) is 12.0. The van der Waals surface area contributed by atoms with Gasteiger partial charge in [0.25, 0.3) is 11.6 Å². The molecule has 7 nitrogen and oxygen atoms in total. The largest absolute Gasteiger partial charge is 0.493 e. The SMILES string of the molecule is [B]c1cccc(CNc2nc(C)[n+](C)c3cc(OCC(C)(C)CC(C)(C)C(=O)OC)c(OC)cc23)c1. The first kappa shape index (κ1) is 27.3. The molecule has 2 aromatic carbocycles. The Hall–Kier alpha value is -3.29. The van der Waals surface area contributed by atoms with Crippen LogP contribution in [0.4, 0.5) is 5.82 Å². The number of anilines is 1. The highest BCUT2D eigenvalue weighted by molar-refractivity contribution is 6.32. The predicted molar refractivity (Wildman–Crippen MR) is 143 cm³/mol. The van der Waals surface area contributed by atoms with Gasteiger partial charge in [-0.05, 0) is 36.2 Å². The number of fused-ring (bicyclic) bond motifs is 1. The lowest BCUT2D eigenvalue weighted by Crippen LogP contribution is -2.35. The second kappa shape index (κ2) is 10.8. The van der Waals surface area contributed by atoms with E-state index in [9.17, 15) is 4.79 Å². The molecule has 3 rings (SSSR count). The Morgan fingerprint density at radius 2 is 1.83 bits per heavy atom. The van der Waals surface area contributed by atoms with Crippen molar-refractivity contribution in [3.8, 4) is 11.5 Å². The van der Waals surface area contributed by atoms with Crippen LogP contribution in [0.5, 0.6) is 11.5 Å². The van der Waals surface area contributed by atoms with Crippen LogP contribution >= 0.6 is 0 Å². The summed E-state index contributed by atoms with van der Waals surface area (Å²) in [5.41, 5.74) is 1.86. The van der Waals surface area contributed by atoms with Crippen molar-refractivity contribution in [2.45, 2.75) is 47.6 Å². The molecule has 0 aliphatic heterocycles. The zero-order chi connectivity index (χ0) is 26.7. The van der Waals surface area contributed by atoms with Gasteiger partial charge in [-0.3, -0.25) is 4.79 Å². The minimum atomic E-state index is -0.617. The number of carbonyl (C=O) groups is 1. The monoisotopic (exact) mass is 490 g/mol. The highest BCUT2D eigenvalue weighted by Gasteiger charge is 2.36. The van der Waals surface area contributed by atoms with Gasteiger partial charge in [0.15, 0.2) is 11.5 Å². The number of esters is 1. The minimum absolute atomic E-state index is 0.230. The number of nitrogens with one attached hydrogen (secondary N) is 1. The Bertz CT molecular complexity index is 1260.